The molecule has 2 atom stereocenters. The number of aromatic nitrogens is 3. The third-order valence-electron chi connectivity index (χ3n) is 5.90. The van der Waals surface area contributed by atoms with E-state index in [1.165, 1.54) is 16.7 Å². The number of rotatable bonds is 11. The molecule has 3 aromatic heterocycles. The second-order valence-corrected chi connectivity index (χ2v) is 11.2. The third kappa shape index (κ3) is 6.60. The van der Waals surface area contributed by atoms with Crippen LogP contribution in [0.3, 0.4) is 0 Å². The first kappa shape index (κ1) is 25.2. The molecule has 2 unspecified atom stereocenters. The molecule has 0 radical (unpaired) electrons. The van der Waals surface area contributed by atoms with Crippen molar-refractivity contribution in [3.8, 4) is 10.4 Å². The van der Waals surface area contributed by atoms with Gasteiger partial charge in [0.15, 0.2) is 5.82 Å². The van der Waals surface area contributed by atoms with Crippen molar-refractivity contribution in [3.05, 3.63) is 60.1 Å². The second-order valence-electron chi connectivity index (χ2n) is 8.23. The minimum absolute atomic E-state index is 0.228. The van der Waals surface area contributed by atoms with Crippen LogP contribution in [0.4, 0.5) is 5.82 Å². The lowest BCUT2D eigenvalue weighted by atomic mass is 10.1. The van der Waals surface area contributed by atoms with Crippen LogP contribution >= 0.6 is 11.3 Å². The van der Waals surface area contributed by atoms with Crippen LogP contribution in [0.2, 0.25) is 0 Å². The van der Waals surface area contributed by atoms with Crippen molar-refractivity contribution in [2.45, 2.75) is 25.0 Å². The molecule has 0 saturated carbocycles. The minimum Gasteiger partial charge on any atom is -0.385 e. The summed E-state index contributed by atoms with van der Waals surface area (Å²) in [7, 11) is -3.61. The largest absolute Gasteiger partial charge is 0.385 e. The van der Waals surface area contributed by atoms with E-state index >= 15 is 0 Å². The molecule has 0 aromatic carbocycles. The van der Waals surface area contributed by atoms with Gasteiger partial charge in [0.1, 0.15) is 11.9 Å². The fourth-order valence-electron chi connectivity index (χ4n) is 4.00. The summed E-state index contributed by atoms with van der Waals surface area (Å²) < 4.78 is 27.6. The molecule has 3 aromatic rings. The molecule has 4 rings (SSSR count). The van der Waals surface area contributed by atoms with Crippen LogP contribution in [0.5, 0.6) is 0 Å². The number of nitrogens with zero attached hydrogens (tertiary/aromatic N) is 5. The fraction of sp³-hybridized carbons (Fsp3) is 0.391. The quantitative estimate of drug-likeness (QED) is 0.369. The number of hydrogen-bond acceptors (Lipinski definition) is 9. The SMILES string of the molecule is O=CNC(CCC(O)c1ncccn1)CS(=O)(=O)N1CCN(c2ccc(-c3cccs3)cn2)CC1. The summed E-state index contributed by atoms with van der Waals surface area (Å²) in [6.07, 6.45) is 4.97. The van der Waals surface area contributed by atoms with Gasteiger partial charge in [-0.25, -0.2) is 23.4 Å². The Hall–Kier alpha value is -2.93. The molecule has 186 valence electrons. The molecule has 12 heteroatoms. The predicted octanol–water partition coefficient (Wildman–Crippen LogP) is 1.68. The first-order valence-electron chi connectivity index (χ1n) is 11.3. The van der Waals surface area contributed by atoms with E-state index in [9.17, 15) is 18.3 Å². The Morgan fingerprint density at radius 2 is 1.83 bits per heavy atom. The summed E-state index contributed by atoms with van der Waals surface area (Å²) >= 11 is 1.66. The molecule has 10 nitrogen and oxygen atoms in total. The summed E-state index contributed by atoms with van der Waals surface area (Å²) in [6, 6.07) is 9.07. The lowest BCUT2D eigenvalue weighted by molar-refractivity contribution is -0.110. The highest BCUT2D eigenvalue weighted by molar-refractivity contribution is 7.89. The van der Waals surface area contributed by atoms with Gasteiger partial charge in [-0.15, -0.1) is 11.3 Å². The number of carbonyl (C=O) groups excluding carboxylic acids is 1. The molecular formula is C23H28N6O4S2. The number of piperazine rings is 1. The van der Waals surface area contributed by atoms with Crippen LogP contribution in [0.1, 0.15) is 24.8 Å². The standard InChI is InChI=1S/C23H28N6O4S2/c30-17-27-19(5-6-20(31)23-24-8-2-9-25-23)16-35(32,33)29-12-10-28(11-13-29)22-7-4-18(15-26-22)21-3-1-14-34-21/h1-4,7-9,14-15,17,19-20,31H,5-6,10-13,16H2,(H,27,30). The van der Waals surface area contributed by atoms with E-state index < -0.39 is 22.2 Å². The zero-order valence-electron chi connectivity index (χ0n) is 19.1. The van der Waals surface area contributed by atoms with Gasteiger partial charge in [-0.05, 0) is 42.5 Å². The van der Waals surface area contributed by atoms with Crippen LogP contribution in [0.25, 0.3) is 10.4 Å². The van der Waals surface area contributed by atoms with E-state index in [0.717, 1.165) is 16.3 Å². The van der Waals surface area contributed by atoms with Gasteiger partial charge in [0, 0.05) is 61.3 Å². The molecule has 1 fully saturated rings. The number of nitrogens with one attached hydrogen (secondary N) is 1. The minimum atomic E-state index is -3.61. The molecule has 1 amide bonds. The molecule has 1 aliphatic heterocycles. The van der Waals surface area contributed by atoms with Crippen LogP contribution in [-0.4, -0.2) is 77.2 Å². The van der Waals surface area contributed by atoms with Gasteiger partial charge in [-0.2, -0.15) is 4.31 Å². The third-order valence-corrected chi connectivity index (χ3v) is 8.79. The van der Waals surface area contributed by atoms with Gasteiger partial charge in [-0.1, -0.05) is 6.07 Å². The number of pyridine rings is 1. The fourth-order valence-corrected chi connectivity index (χ4v) is 6.42. The number of sulfonamides is 1. The molecular weight excluding hydrogens is 488 g/mol. The average Bonchev–Trinajstić information content (AvgIpc) is 3.43. The van der Waals surface area contributed by atoms with Crippen LogP contribution in [0.15, 0.2) is 54.3 Å². The zero-order chi connectivity index (χ0) is 24.7. The lowest BCUT2D eigenvalue weighted by Crippen LogP contribution is -2.51. The lowest BCUT2D eigenvalue weighted by Gasteiger charge is -2.35. The number of aliphatic hydroxyl groups is 1. The normalized spacial score (nSPS) is 16.5. The topological polar surface area (TPSA) is 129 Å². The number of hydrogen-bond donors (Lipinski definition) is 2. The zero-order valence-corrected chi connectivity index (χ0v) is 20.7. The van der Waals surface area contributed by atoms with E-state index in [1.807, 2.05) is 35.8 Å². The van der Waals surface area contributed by atoms with Crippen molar-refractivity contribution in [3.63, 3.8) is 0 Å². The summed E-state index contributed by atoms with van der Waals surface area (Å²) in [5, 5.41) is 14.9. The van der Waals surface area contributed by atoms with Crippen molar-refractivity contribution < 1.29 is 18.3 Å². The molecule has 35 heavy (non-hydrogen) atoms. The van der Waals surface area contributed by atoms with Crippen LogP contribution < -0.4 is 10.2 Å². The van der Waals surface area contributed by atoms with Gasteiger partial charge >= 0.3 is 0 Å². The number of anilines is 1. The molecule has 1 aliphatic rings. The van der Waals surface area contributed by atoms with Crippen molar-refractivity contribution in [2.24, 2.45) is 0 Å². The number of carbonyl (C=O) groups is 1. The van der Waals surface area contributed by atoms with Gasteiger partial charge in [0.05, 0.1) is 5.75 Å². The first-order chi connectivity index (χ1) is 17.0. The Morgan fingerprint density at radius 1 is 1.06 bits per heavy atom. The monoisotopic (exact) mass is 516 g/mol. The Labute approximate surface area is 208 Å². The molecule has 0 bridgehead atoms. The van der Waals surface area contributed by atoms with Gasteiger partial charge in [0.25, 0.3) is 0 Å². The highest BCUT2D eigenvalue weighted by Gasteiger charge is 2.30. The molecule has 1 saturated heterocycles. The van der Waals surface area contributed by atoms with Crippen LogP contribution in [-0.2, 0) is 14.8 Å². The first-order valence-corrected chi connectivity index (χ1v) is 13.8. The second kappa shape index (κ2) is 11.7. The van der Waals surface area contributed by atoms with Gasteiger partial charge < -0.3 is 15.3 Å². The number of amides is 1. The van der Waals surface area contributed by atoms with E-state index in [1.54, 1.807) is 17.4 Å². The van der Waals surface area contributed by atoms with Crippen molar-refractivity contribution in [1.29, 1.82) is 0 Å². The van der Waals surface area contributed by atoms with E-state index in [2.05, 4.69) is 25.2 Å². The summed E-state index contributed by atoms with van der Waals surface area (Å²) in [6.45, 7) is 1.73. The summed E-state index contributed by atoms with van der Waals surface area (Å²) in [5.41, 5.74) is 1.06. The average molecular weight is 517 g/mol. The summed E-state index contributed by atoms with van der Waals surface area (Å²) in [5.74, 6) is 0.857. The van der Waals surface area contributed by atoms with Gasteiger partial charge in [0.2, 0.25) is 16.4 Å². The predicted molar refractivity (Wildman–Crippen MR) is 134 cm³/mol. The highest BCUT2D eigenvalue weighted by atomic mass is 32.2. The molecule has 4 heterocycles. The number of thiophene rings is 1. The van der Waals surface area contributed by atoms with Crippen molar-refractivity contribution in [2.75, 3.05) is 36.8 Å². The Balaban J connectivity index is 1.30. The Bertz CT molecular complexity index is 1170. The highest BCUT2D eigenvalue weighted by Crippen LogP contribution is 2.26. The molecule has 2 N–H and O–H groups in total. The van der Waals surface area contributed by atoms with E-state index in [0.29, 0.717) is 32.6 Å². The van der Waals surface area contributed by atoms with Crippen molar-refractivity contribution >= 4 is 33.6 Å². The van der Waals surface area contributed by atoms with Crippen LogP contribution in [0, 0.1) is 0 Å². The maximum atomic E-state index is 13.1. The number of aliphatic hydroxyl groups excluding tert-OH is 1. The molecule has 0 aliphatic carbocycles. The smallest absolute Gasteiger partial charge is 0.216 e. The maximum absolute atomic E-state index is 13.1. The van der Waals surface area contributed by atoms with Gasteiger partial charge in [-0.3, -0.25) is 4.79 Å². The van der Waals surface area contributed by atoms with Crippen molar-refractivity contribution in [1.82, 2.24) is 24.6 Å². The maximum Gasteiger partial charge on any atom is 0.216 e. The Kier molecular flexibility index (Phi) is 8.39. The van der Waals surface area contributed by atoms with E-state index in [4.69, 9.17) is 0 Å². The molecule has 0 spiro atoms. The Morgan fingerprint density at radius 3 is 2.46 bits per heavy atom. The van der Waals surface area contributed by atoms with E-state index in [-0.39, 0.29) is 24.4 Å². The summed E-state index contributed by atoms with van der Waals surface area (Å²) in [4.78, 5) is 26.9.